The summed E-state index contributed by atoms with van der Waals surface area (Å²) in [6, 6.07) is 3.50. The second-order valence-electron chi connectivity index (χ2n) is 6.62. The van der Waals surface area contributed by atoms with E-state index < -0.39 is 0 Å². The van der Waals surface area contributed by atoms with Gasteiger partial charge < -0.3 is 15.0 Å². The van der Waals surface area contributed by atoms with Gasteiger partial charge in [-0.05, 0) is 18.9 Å². The van der Waals surface area contributed by atoms with E-state index in [0.29, 0.717) is 30.0 Å². The van der Waals surface area contributed by atoms with E-state index in [0.717, 1.165) is 24.7 Å². The van der Waals surface area contributed by atoms with Crippen molar-refractivity contribution in [3.63, 3.8) is 0 Å². The van der Waals surface area contributed by atoms with Crippen LogP contribution in [-0.4, -0.2) is 52.4 Å². The van der Waals surface area contributed by atoms with Gasteiger partial charge in [-0.3, -0.25) is 4.68 Å². The van der Waals surface area contributed by atoms with Crippen LogP contribution in [0.4, 0.5) is 0 Å². The summed E-state index contributed by atoms with van der Waals surface area (Å²) >= 11 is 5.82. The van der Waals surface area contributed by atoms with Crippen LogP contribution in [0, 0.1) is 0 Å². The summed E-state index contributed by atoms with van der Waals surface area (Å²) in [6.45, 7) is 8.89. The normalized spacial score (nSPS) is 11.3. The molecule has 0 atom stereocenters. The third-order valence-corrected chi connectivity index (χ3v) is 4.11. The Balaban J connectivity index is 0.00000392. The number of pyridine rings is 1. The van der Waals surface area contributed by atoms with E-state index in [1.165, 1.54) is 5.56 Å². The van der Waals surface area contributed by atoms with Crippen molar-refractivity contribution in [3.05, 3.63) is 40.8 Å². The Bertz CT molecular complexity index is 747. The van der Waals surface area contributed by atoms with E-state index in [1.54, 1.807) is 18.3 Å². The number of hydrogen-bond acceptors (Lipinski definition) is 4. The molecule has 0 aliphatic rings. The molecule has 2 heterocycles. The maximum absolute atomic E-state index is 5.82. The van der Waals surface area contributed by atoms with Crippen molar-refractivity contribution in [3.8, 4) is 5.88 Å². The van der Waals surface area contributed by atoms with Gasteiger partial charge in [0.05, 0.1) is 17.3 Å². The number of aromatic nitrogens is 3. The zero-order valence-corrected chi connectivity index (χ0v) is 20.2. The van der Waals surface area contributed by atoms with Crippen molar-refractivity contribution in [2.24, 2.45) is 12.0 Å². The zero-order valence-electron chi connectivity index (χ0n) is 17.1. The van der Waals surface area contributed by atoms with Crippen LogP contribution in [0.1, 0.15) is 37.9 Å². The Morgan fingerprint density at radius 1 is 1.39 bits per heavy atom. The monoisotopic (exact) mass is 520 g/mol. The van der Waals surface area contributed by atoms with Crippen molar-refractivity contribution in [1.82, 2.24) is 25.0 Å². The lowest BCUT2D eigenvalue weighted by atomic mass is 10.1. The summed E-state index contributed by atoms with van der Waals surface area (Å²) < 4.78 is 7.48. The first kappa shape index (κ1) is 24.5. The van der Waals surface area contributed by atoms with E-state index in [9.17, 15) is 0 Å². The van der Waals surface area contributed by atoms with E-state index in [4.69, 9.17) is 16.3 Å². The fraction of sp³-hybridized carbons (Fsp3) is 0.526. The van der Waals surface area contributed by atoms with Crippen LogP contribution >= 0.6 is 35.6 Å². The van der Waals surface area contributed by atoms with Crippen molar-refractivity contribution in [1.29, 1.82) is 0 Å². The molecule has 0 amide bonds. The highest BCUT2D eigenvalue weighted by molar-refractivity contribution is 14.0. The second-order valence-corrected chi connectivity index (χ2v) is 7.06. The lowest BCUT2D eigenvalue weighted by Gasteiger charge is -2.22. The average molecular weight is 521 g/mol. The molecule has 0 spiro atoms. The average Bonchev–Trinajstić information content (AvgIpc) is 2.99. The Labute approximate surface area is 189 Å². The topological polar surface area (TPSA) is 67.6 Å². The minimum atomic E-state index is 0. The van der Waals surface area contributed by atoms with Crippen LogP contribution in [0.15, 0.2) is 29.5 Å². The molecule has 7 nitrogen and oxygen atoms in total. The smallest absolute Gasteiger partial charge is 0.213 e. The molecule has 0 aliphatic carbocycles. The van der Waals surface area contributed by atoms with Crippen LogP contribution in [0.3, 0.4) is 0 Å². The number of hydrogen-bond donors (Lipinski definition) is 1. The summed E-state index contributed by atoms with van der Waals surface area (Å²) in [5.41, 5.74) is 2.33. The number of halogens is 2. The van der Waals surface area contributed by atoms with Crippen molar-refractivity contribution < 1.29 is 4.74 Å². The van der Waals surface area contributed by atoms with Crippen LogP contribution in [-0.2, 0) is 13.6 Å². The van der Waals surface area contributed by atoms with Crippen molar-refractivity contribution in [2.75, 3.05) is 26.7 Å². The number of rotatable bonds is 8. The lowest BCUT2D eigenvalue weighted by Crippen LogP contribution is -2.39. The summed E-state index contributed by atoms with van der Waals surface area (Å²) in [6.07, 6.45) is 3.64. The van der Waals surface area contributed by atoms with Gasteiger partial charge in [-0.1, -0.05) is 25.4 Å². The lowest BCUT2D eigenvalue weighted by molar-refractivity contribution is 0.315. The fourth-order valence-electron chi connectivity index (χ4n) is 2.71. The summed E-state index contributed by atoms with van der Waals surface area (Å²) in [4.78, 5) is 10.9. The van der Waals surface area contributed by atoms with Gasteiger partial charge in [0.1, 0.15) is 6.61 Å². The first-order chi connectivity index (χ1) is 12.9. The standard InChI is InChI=1S/C19H29ClN6O.HI/c1-6-21-19(22-9-10-27-17-8-7-16(20)11-23-17)25(4)12-15-13-26(5)24-18(15)14(2)3;/h7-8,11,13-14H,6,9-10,12H2,1-5H3,(H,21,22);1H. The second kappa shape index (κ2) is 12.1. The maximum atomic E-state index is 5.82. The van der Waals surface area contributed by atoms with Gasteiger partial charge in [-0.15, -0.1) is 24.0 Å². The SMILES string of the molecule is CCNC(=NCCOc1ccc(Cl)cn1)N(C)Cc1cn(C)nc1C(C)C.I. The molecule has 2 aromatic rings. The Morgan fingerprint density at radius 3 is 2.75 bits per heavy atom. The van der Waals surface area contributed by atoms with E-state index in [1.807, 2.05) is 18.8 Å². The van der Waals surface area contributed by atoms with Gasteiger partial charge in [0.2, 0.25) is 5.88 Å². The van der Waals surface area contributed by atoms with Gasteiger partial charge in [-0.2, -0.15) is 5.10 Å². The molecule has 0 saturated heterocycles. The molecule has 9 heteroatoms. The molecule has 0 aliphatic heterocycles. The molecular weight excluding hydrogens is 491 g/mol. The molecule has 0 aromatic carbocycles. The number of aryl methyl sites for hydroxylation is 1. The molecule has 1 N–H and O–H groups in total. The molecule has 0 fully saturated rings. The maximum Gasteiger partial charge on any atom is 0.213 e. The minimum Gasteiger partial charge on any atom is -0.476 e. The Hall–Kier alpha value is -1.55. The van der Waals surface area contributed by atoms with Crippen LogP contribution in [0.2, 0.25) is 5.02 Å². The molecule has 0 bridgehead atoms. The molecule has 0 unspecified atom stereocenters. The highest BCUT2D eigenvalue weighted by atomic mass is 127. The highest BCUT2D eigenvalue weighted by Gasteiger charge is 2.15. The quantitative estimate of drug-likeness (QED) is 0.249. The van der Waals surface area contributed by atoms with E-state index >= 15 is 0 Å². The summed E-state index contributed by atoms with van der Waals surface area (Å²) in [7, 11) is 3.98. The zero-order chi connectivity index (χ0) is 19.8. The first-order valence-electron chi connectivity index (χ1n) is 9.17. The van der Waals surface area contributed by atoms with E-state index in [2.05, 4.69) is 52.3 Å². The van der Waals surface area contributed by atoms with Gasteiger partial charge in [0.25, 0.3) is 0 Å². The fourth-order valence-corrected chi connectivity index (χ4v) is 2.82. The van der Waals surface area contributed by atoms with Crippen molar-refractivity contribution in [2.45, 2.75) is 33.2 Å². The van der Waals surface area contributed by atoms with Gasteiger partial charge in [0, 0.05) is 51.2 Å². The number of guanidine groups is 1. The predicted octanol–water partition coefficient (Wildman–Crippen LogP) is 3.69. The number of nitrogens with one attached hydrogen (secondary N) is 1. The third-order valence-electron chi connectivity index (χ3n) is 3.89. The Kier molecular flexibility index (Phi) is 10.6. The van der Waals surface area contributed by atoms with Crippen molar-refractivity contribution >= 4 is 41.5 Å². The molecule has 156 valence electrons. The Morgan fingerprint density at radius 2 is 2.14 bits per heavy atom. The first-order valence-corrected chi connectivity index (χ1v) is 9.54. The van der Waals surface area contributed by atoms with Gasteiger partial charge in [-0.25, -0.2) is 9.98 Å². The third kappa shape index (κ3) is 7.46. The minimum absolute atomic E-state index is 0. The molecule has 2 aromatic heterocycles. The van der Waals surface area contributed by atoms with Gasteiger partial charge in [0.15, 0.2) is 5.96 Å². The highest BCUT2D eigenvalue weighted by Crippen LogP contribution is 2.18. The van der Waals surface area contributed by atoms with Crippen LogP contribution in [0.25, 0.3) is 0 Å². The molecular formula is C19H30ClIN6O. The van der Waals surface area contributed by atoms with E-state index in [-0.39, 0.29) is 24.0 Å². The molecule has 0 saturated carbocycles. The molecule has 28 heavy (non-hydrogen) atoms. The number of nitrogens with zero attached hydrogens (tertiary/aromatic N) is 5. The molecule has 2 rings (SSSR count). The predicted molar refractivity (Wildman–Crippen MR) is 125 cm³/mol. The van der Waals surface area contributed by atoms with Crippen LogP contribution in [0.5, 0.6) is 5.88 Å². The summed E-state index contributed by atoms with van der Waals surface area (Å²) in [5.74, 6) is 1.77. The number of aliphatic imine (C=N–C) groups is 1. The molecule has 0 radical (unpaired) electrons. The van der Waals surface area contributed by atoms with Crippen LogP contribution < -0.4 is 10.1 Å². The largest absolute Gasteiger partial charge is 0.476 e. The number of ether oxygens (including phenoxy) is 1. The van der Waals surface area contributed by atoms with Gasteiger partial charge >= 0.3 is 0 Å². The summed E-state index contributed by atoms with van der Waals surface area (Å²) in [5, 5.41) is 8.49.